The van der Waals surface area contributed by atoms with Crippen molar-refractivity contribution >= 4 is 68.6 Å². The minimum Gasteiger partial charge on any atom is -0.325 e. The number of nitro groups is 1. The van der Waals surface area contributed by atoms with E-state index in [4.69, 9.17) is 0 Å². The second-order valence-electron chi connectivity index (χ2n) is 10.1. The van der Waals surface area contributed by atoms with E-state index >= 15 is 0 Å². The standard InChI is InChI=1S/C36H27BrN4O5S/c37-27-18-20-28(21-19-27)38-36(44)33(24-10-3-1-4-11-24)47-30-16-9-15-29(23-30)39-35(43)31(40-34(42)25-12-5-2-6-13-25)22-26-14-7-8-17-32(26)41(45)46/h1-23,33H,(H,38,44)(H,39,43)(H,40,42)/b31-22+. The van der Waals surface area contributed by atoms with Crippen LogP contribution in [0.3, 0.4) is 0 Å². The lowest BCUT2D eigenvalue weighted by atomic mass is 10.1. The molecule has 234 valence electrons. The first kappa shape index (κ1) is 32.9. The van der Waals surface area contributed by atoms with Crippen molar-refractivity contribution < 1.29 is 19.3 Å². The highest BCUT2D eigenvalue weighted by atomic mass is 79.9. The van der Waals surface area contributed by atoms with Gasteiger partial charge in [0.25, 0.3) is 17.5 Å². The van der Waals surface area contributed by atoms with Gasteiger partial charge in [0.2, 0.25) is 5.91 Å². The minimum absolute atomic E-state index is 0.141. The number of carbonyl (C=O) groups excluding carboxylic acids is 3. The van der Waals surface area contributed by atoms with Crippen LogP contribution in [0.2, 0.25) is 0 Å². The van der Waals surface area contributed by atoms with Crippen LogP contribution < -0.4 is 16.0 Å². The Hall–Kier alpha value is -5.52. The Morgan fingerprint density at radius 1 is 0.745 bits per heavy atom. The lowest BCUT2D eigenvalue weighted by Gasteiger charge is -2.18. The number of anilines is 2. The molecule has 1 atom stereocenters. The number of thioether (sulfide) groups is 1. The molecule has 3 N–H and O–H groups in total. The lowest BCUT2D eigenvalue weighted by Crippen LogP contribution is -2.30. The van der Waals surface area contributed by atoms with Crippen LogP contribution in [0, 0.1) is 10.1 Å². The molecule has 0 aromatic heterocycles. The number of hydrogen-bond acceptors (Lipinski definition) is 6. The van der Waals surface area contributed by atoms with Gasteiger partial charge in [-0.05, 0) is 72.3 Å². The van der Waals surface area contributed by atoms with Crippen LogP contribution >= 0.6 is 27.7 Å². The highest BCUT2D eigenvalue weighted by molar-refractivity contribution is 9.10. The molecule has 0 fully saturated rings. The van der Waals surface area contributed by atoms with Gasteiger partial charge in [0.1, 0.15) is 10.9 Å². The number of carbonyl (C=O) groups is 3. The summed E-state index contributed by atoms with van der Waals surface area (Å²) in [5, 5.41) is 19.4. The number of para-hydroxylation sites is 1. The molecule has 3 amide bonds. The summed E-state index contributed by atoms with van der Waals surface area (Å²) in [5.74, 6) is -1.48. The van der Waals surface area contributed by atoms with E-state index in [1.54, 1.807) is 66.7 Å². The minimum atomic E-state index is -0.692. The van der Waals surface area contributed by atoms with Crippen molar-refractivity contribution in [1.29, 1.82) is 0 Å². The molecule has 0 saturated heterocycles. The predicted molar refractivity (Wildman–Crippen MR) is 188 cm³/mol. The molecule has 0 aliphatic heterocycles. The summed E-state index contributed by atoms with van der Waals surface area (Å²) in [5.41, 5.74) is 1.86. The van der Waals surface area contributed by atoms with E-state index in [1.807, 2.05) is 48.5 Å². The number of rotatable bonds is 11. The largest absolute Gasteiger partial charge is 0.325 e. The molecule has 0 heterocycles. The van der Waals surface area contributed by atoms with Crippen molar-refractivity contribution in [3.05, 3.63) is 170 Å². The topological polar surface area (TPSA) is 130 Å². The zero-order valence-electron chi connectivity index (χ0n) is 24.6. The van der Waals surface area contributed by atoms with Gasteiger partial charge < -0.3 is 16.0 Å². The van der Waals surface area contributed by atoms with Crippen molar-refractivity contribution in [2.45, 2.75) is 10.1 Å². The van der Waals surface area contributed by atoms with Gasteiger partial charge in [-0.15, -0.1) is 11.8 Å². The van der Waals surface area contributed by atoms with Gasteiger partial charge in [0.05, 0.1) is 10.5 Å². The molecule has 11 heteroatoms. The number of nitro benzene ring substituents is 1. The quantitative estimate of drug-likeness (QED) is 0.0549. The molecule has 0 saturated carbocycles. The summed E-state index contributed by atoms with van der Waals surface area (Å²) in [7, 11) is 0. The normalized spacial score (nSPS) is 11.6. The molecular formula is C36H27BrN4O5S. The molecule has 5 aromatic rings. The maximum absolute atomic E-state index is 13.6. The Morgan fingerprint density at radius 2 is 1.40 bits per heavy atom. The fraction of sp³-hybridized carbons (Fsp3) is 0.0278. The number of benzene rings is 5. The molecule has 0 radical (unpaired) electrons. The fourth-order valence-corrected chi connectivity index (χ4v) is 5.85. The summed E-state index contributed by atoms with van der Waals surface area (Å²) in [6.07, 6.45) is 1.27. The first-order valence-electron chi connectivity index (χ1n) is 14.3. The Morgan fingerprint density at radius 3 is 2.11 bits per heavy atom. The monoisotopic (exact) mass is 706 g/mol. The number of nitrogens with zero attached hydrogens (tertiary/aromatic N) is 1. The molecule has 5 aromatic carbocycles. The third kappa shape index (κ3) is 9.03. The molecule has 0 bridgehead atoms. The highest BCUT2D eigenvalue weighted by Gasteiger charge is 2.23. The van der Waals surface area contributed by atoms with Gasteiger partial charge in [-0.25, -0.2) is 0 Å². The Labute approximate surface area is 283 Å². The summed E-state index contributed by atoms with van der Waals surface area (Å²) < 4.78 is 0.892. The molecule has 0 aliphatic rings. The van der Waals surface area contributed by atoms with Gasteiger partial charge in [-0.1, -0.05) is 82.7 Å². The SMILES string of the molecule is O=C(Nc1cccc(SC(C(=O)Nc2ccc(Br)cc2)c2ccccc2)c1)/C(=C\c1ccccc1[N+](=O)[O-])NC(=O)c1ccccc1. The van der Waals surface area contributed by atoms with Crippen LogP contribution in [-0.2, 0) is 9.59 Å². The highest BCUT2D eigenvalue weighted by Crippen LogP contribution is 2.37. The van der Waals surface area contributed by atoms with E-state index in [1.165, 1.54) is 36.0 Å². The van der Waals surface area contributed by atoms with E-state index in [-0.39, 0.29) is 22.9 Å². The van der Waals surface area contributed by atoms with Gasteiger partial charge in [-0.2, -0.15) is 0 Å². The van der Waals surface area contributed by atoms with Crippen LogP contribution in [0.5, 0.6) is 0 Å². The van der Waals surface area contributed by atoms with E-state index in [2.05, 4.69) is 31.9 Å². The van der Waals surface area contributed by atoms with Crippen LogP contribution in [0.15, 0.2) is 149 Å². The lowest BCUT2D eigenvalue weighted by molar-refractivity contribution is -0.385. The van der Waals surface area contributed by atoms with Crippen molar-refractivity contribution in [3.8, 4) is 0 Å². The van der Waals surface area contributed by atoms with E-state index in [0.717, 1.165) is 10.0 Å². The molecule has 1 unspecified atom stereocenters. The van der Waals surface area contributed by atoms with Crippen molar-refractivity contribution in [2.24, 2.45) is 0 Å². The molecule has 5 rings (SSSR count). The summed E-state index contributed by atoms with van der Waals surface area (Å²) in [6.45, 7) is 0. The number of hydrogen-bond donors (Lipinski definition) is 3. The molecule has 0 aliphatic carbocycles. The van der Waals surface area contributed by atoms with E-state index in [0.29, 0.717) is 21.8 Å². The van der Waals surface area contributed by atoms with Crippen LogP contribution in [-0.4, -0.2) is 22.6 Å². The van der Waals surface area contributed by atoms with E-state index in [9.17, 15) is 24.5 Å². The third-order valence-corrected chi connectivity index (χ3v) is 8.54. The zero-order chi connectivity index (χ0) is 33.2. The number of halogens is 1. The summed E-state index contributed by atoms with van der Waals surface area (Å²) in [6, 6.07) is 37.8. The smallest absolute Gasteiger partial charge is 0.276 e. The van der Waals surface area contributed by atoms with Crippen LogP contribution in [0.1, 0.15) is 26.7 Å². The zero-order valence-corrected chi connectivity index (χ0v) is 27.0. The van der Waals surface area contributed by atoms with E-state index < -0.39 is 22.0 Å². The number of amides is 3. The number of nitrogens with one attached hydrogen (secondary N) is 3. The van der Waals surface area contributed by atoms with Gasteiger partial charge in [0.15, 0.2) is 0 Å². The predicted octanol–water partition coefficient (Wildman–Crippen LogP) is 8.24. The van der Waals surface area contributed by atoms with Crippen LogP contribution in [0.25, 0.3) is 6.08 Å². The molecule has 47 heavy (non-hydrogen) atoms. The first-order valence-corrected chi connectivity index (χ1v) is 15.9. The van der Waals surface area contributed by atoms with Crippen molar-refractivity contribution in [3.63, 3.8) is 0 Å². The Bertz CT molecular complexity index is 1940. The van der Waals surface area contributed by atoms with Crippen molar-refractivity contribution in [1.82, 2.24) is 5.32 Å². The van der Waals surface area contributed by atoms with Gasteiger partial charge in [-0.3, -0.25) is 24.5 Å². The van der Waals surface area contributed by atoms with Gasteiger partial charge in [0, 0.05) is 32.4 Å². The summed E-state index contributed by atoms with van der Waals surface area (Å²) in [4.78, 5) is 52.0. The third-order valence-electron chi connectivity index (χ3n) is 6.76. The van der Waals surface area contributed by atoms with Gasteiger partial charge >= 0.3 is 0 Å². The first-order chi connectivity index (χ1) is 22.8. The molecular weight excluding hydrogens is 680 g/mol. The van der Waals surface area contributed by atoms with Crippen LogP contribution in [0.4, 0.5) is 17.1 Å². The maximum Gasteiger partial charge on any atom is 0.276 e. The second kappa shape index (κ2) is 15.7. The summed E-state index contributed by atoms with van der Waals surface area (Å²) >= 11 is 4.71. The second-order valence-corrected chi connectivity index (χ2v) is 12.2. The van der Waals surface area contributed by atoms with Crippen molar-refractivity contribution in [2.75, 3.05) is 10.6 Å². The maximum atomic E-state index is 13.6. The average Bonchev–Trinajstić information content (AvgIpc) is 3.09. The molecule has 9 nitrogen and oxygen atoms in total. The average molecular weight is 708 g/mol. The molecule has 0 spiro atoms. The Kier molecular flexibility index (Phi) is 10.9. The fourth-order valence-electron chi connectivity index (χ4n) is 4.50. The Balaban J connectivity index is 1.40.